The molecule has 0 saturated carbocycles. The van der Waals surface area contributed by atoms with E-state index < -0.39 is 9.84 Å². The summed E-state index contributed by atoms with van der Waals surface area (Å²) in [5, 5.41) is 9.16. The number of hydrogen-bond donors (Lipinski definition) is 1. The third kappa shape index (κ3) is 4.62. The lowest BCUT2D eigenvalue weighted by atomic mass is 9.78. The Morgan fingerprint density at radius 3 is 2.08 bits per heavy atom. The zero-order valence-electron chi connectivity index (χ0n) is 8.87. The van der Waals surface area contributed by atoms with Gasteiger partial charge in [-0.15, -0.1) is 0 Å². The third-order valence-corrected chi connectivity index (χ3v) is 3.74. The van der Waals surface area contributed by atoms with Crippen molar-refractivity contribution in [3.8, 4) is 0 Å². The van der Waals surface area contributed by atoms with Crippen molar-refractivity contribution in [2.75, 3.05) is 18.6 Å². The van der Waals surface area contributed by atoms with Crippen LogP contribution in [0.4, 0.5) is 0 Å². The van der Waals surface area contributed by atoms with Crippen LogP contribution in [0, 0.1) is 11.3 Å². The number of aliphatic hydroxyl groups is 1. The van der Waals surface area contributed by atoms with Crippen LogP contribution in [-0.2, 0) is 9.84 Å². The van der Waals surface area contributed by atoms with E-state index in [4.69, 9.17) is 5.11 Å². The molecule has 0 saturated heterocycles. The second-order valence-corrected chi connectivity index (χ2v) is 6.61. The quantitative estimate of drug-likeness (QED) is 0.735. The van der Waals surface area contributed by atoms with Gasteiger partial charge < -0.3 is 5.11 Å². The molecule has 0 aliphatic carbocycles. The molecule has 0 aliphatic rings. The van der Waals surface area contributed by atoms with Crippen molar-refractivity contribution in [1.29, 1.82) is 0 Å². The summed E-state index contributed by atoms with van der Waals surface area (Å²) in [6.07, 6.45) is 1.76. The summed E-state index contributed by atoms with van der Waals surface area (Å²) < 4.78 is 21.9. The Labute approximate surface area is 81.1 Å². The maximum atomic E-state index is 10.9. The Balaban J connectivity index is 4.30. The number of hydrogen-bond acceptors (Lipinski definition) is 3. The van der Waals surface area contributed by atoms with Crippen LogP contribution in [0.2, 0.25) is 0 Å². The molecule has 0 radical (unpaired) electrons. The predicted molar refractivity (Wildman–Crippen MR) is 54.4 cm³/mol. The minimum Gasteiger partial charge on any atom is -0.396 e. The molecule has 1 atom stereocenters. The van der Waals surface area contributed by atoms with Gasteiger partial charge in [0.1, 0.15) is 9.84 Å². The normalized spacial score (nSPS) is 17.4. The minimum atomic E-state index is -2.91. The van der Waals surface area contributed by atoms with Gasteiger partial charge in [0, 0.05) is 12.9 Å². The molecule has 0 spiro atoms. The van der Waals surface area contributed by atoms with Crippen molar-refractivity contribution in [3.05, 3.63) is 0 Å². The lowest BCUT2D eigenvalue weighted by molar-refractivity contribution is 0.0914. The molecule has 0 aliphatic heterocycles. The van der Waals surface area contributed by atoms with Gasteiger partial charge >= 0.3 is 0 Å². The summed E-state index contributed by atoms with van der Waals surface area (Å²) in [6, 6.07) is 0. The van der Waals surface area contributed by atoms with Crippen LogP contribution in [0.5, 0.6) is 0 Å². The van der Waals surface area contributed by atoms with Gasteiger partial charge in [-0.05, 0) is 17.8 Å². The highest BCUT2D eigenvalue weighted by molar-refractivity contribution is 7.90. The highest BCUT2D eigenvalue weighted by Crippen LogP contribution is 2.30. The topological polar surface area (TPSA) is 54.4 Å². The van der Waals surface area contributed by atoms with E-state index in [-0.39, 0.29) is 17.8 Å². The Bertz CT molecular complexity index is 244. The first-order valence-electron chi connectivity index (χ1n) is 4.50. The number of aliphatic hydroxyl groups excluding tert-OH is 1. The summed E-state index contributed by atoms with van der Waals surface area (Å²) in [7, 11) is -2.91. The highest BCUT2D eigenvalue weighted by atomic mass is 32.2. The van der Waals surface area contributed by atoms with Gasteiger partial charge in [-0.25, -0.2) is 8.42 Å². The SMILES string of the molecule is CC(C)C(C)(CO)CCS(C)(=O)=O. The van der Waals surface area contributed by atoms with E-state index >= 15 is 0 Å². The minimum absolute atomic E-state index is 0.0419. The first kappa shape index (κ1) is 12.9. The average Bonchev–Trinajstić information content (AvgIpc) is 1.98. The van der Waals surface area contributed by atoms with Crippen molar-refractivity contribution in [3.63, 3.8) is 0 Å². The Hall–Kier alpha value is -0.0900. The largest absolute Gasteiger partial charge is 0.396 e. The van der Waals surface area contributed by atoms with Crippen LogP contribution >= 0.6 is 0 Å². The number of sulfone groups is 1. The molecule has 0 aromatic rings. The van der Waals surface area contributed by atoms with Crippen LogP contribution in [0.25, 0.3) is 0 Å². The molecule has 4 heteroatoms. The van der Waals surface area contributed by atoms with Gasteiger partial charge in [0.2, 0.25) is 0 Å². The second-order valence-electron chi connectivity index (χ2n) is 4.35. The zero-order chi connectivity index (χ0) is 10.7. The Morgan fingerprint density at radius 1 is 1.38 bits per heavy atom. The molecular weight excluding hydrogens is 188 g/mol. The van der Waals surface area contributed by atoms with E-state index in [2.05, 4.69) is 0 Å². The molecule has 3 nitrogen and oxygen atoms in total. The third-order valence-electron chi connectivity index (χ3n) is 2.80. The van der Waals surface area contributed by atoms with Gasteiger partial charge in [-0.1, -0.05) is 20.8 Å². The molecule has 0 fully saturated rings. The molecule has 80 valence electrons. The summed E-state index contributed by atoms with van der Waals surface area (Å²) in [6.45, 7) is 5.96. The van der Waals surface area contributed by atoms with E-state index in [0.717, 1.165) is 0 Å². The molecule has 0 amide bonds. The highest BCUT2D eigenvalue weighted by Gasteiger charge is 2.28. The molecule has 0 rings (SSSR count). The Morgan fingerprint density at radius 2 is 1.85 bits per heavy atom. The van der Waals surface area contributed by atoms with E-state index in [0.29, 0.717) is 12.3 Å². The van der Waals surface area contributed by atoms with Gasteiger partial charge in [0.15, 0.2) is 0 Å². The van der Waals surface area contributed by atoms with Crippen molar-refractivity contribution >= 4 is 9.84 Å². The summed E-state index contributed by atoms with van der Waals surface area (Å²) in [5.74, 6) is 0.446. The molecule has 1 N–H and O–H groups in total. The fourth-order valence-corrected chi connectivity index (χ4v) is 1.81. The van der Waals surface area contributed by atoms with E-state index in [1.807, 2.05) is 20.8 Å². The van der Waals surface area contributed by atoms with E-state index in [1.165, 1.54) is 6.26 Å². The maximum Gasteiger partial charge on any atom is 0.147 e. The number of rotatable bonds is 5. The van der Waals surface area contributed by atoms with Crippen molar-refractivity contribution in [1.82, 2.24) is 0 Å². The summed E-state index contributed by atoms with van der Waals surface area (Å²) >= 11 is 0. The summed E-state index contributed by atoms with van der Waals surface area (Å²) in [5.41, 5.74) is -0.275. The van der Waals surface area contributed by atoms with Crippen LogP contribution < -0.4 is 0 Å². The molecule has 0 aromatic carbocycles. The molecule has 0 aromatic heterocycles. The lowest BCUT2D eigenvalue weighted by Crippen LogP contribution is -2.30. The fraction of sp³-hybridized carbons (Fsp3) is 1.00. The van der Waals surface area contributed by atoms with Crippen LogP contribution in [-0.4, -0.2) is 32.1 Å². The first-order valence-corrected chi connectivity index (χ1v) is 6.56. The first-order chi connectivity index (χ1) is 5.71. The molecule has 0 heterocycles. The standard InChI is InChI=1S/C9H20O3S/c1-8(2)9(3,7-10)5-6-13(4,11)12/h8,10H,5-7H2,1-4H3. The van der Waals surface area contributed by atoms with E-state index in [9.17, 15) is 8.42 Å². The van der Waals surface area contributed by atoms with Gasteiger partial charge in [0.05, 0.1) is 5.75 Å². The smallest absolute Gasteiger partial charge is 0.147 e. The predicted octanol–water partition coefficient (Wildman–Crippen LogP) is 1.08. The zero-order valence-corrected chi connectivity index (χ0v) is 9.69. The van der Waals surface area contributed by atoms with Crippen LogP contribution in [0.1, 0.15) is 27.2 Å². The molecule has 1 unspecified atom stereocenters. The molecule has 13 heavy (non-hydrogen) atoms. The lowest BCUT2D eigenvalue weighted by Gasteiger charge is -2.31. The van der Waals surface area contributed by atoms with Gasteiger partial charge in [-0.3, -0.25) is 0 Å². The van der Waals surface area contributed by atoms with Crippen LogP contribution in [0.3, 0.4) is 0 Å². The average molecular weight is 208 g/mol. The van der Waals surface area contributed by atoms with Crippen LogP contribution in [0.15, 0.2) is 0 Å². The monoisotopic (exact) mass is 208 g/mol. The van der Waals surface area contributed by atoms with E-state index in [1.54, 1.807) is 0 Å². The summed E-state index contributed by atoms with van der Waals surface area (Å²) in [4.78, 5) is 0. The molecule has 0 bridgehead atoms. The van der Waals surface area contributed by atoms with Crippen molar-refractivity contribution < 1.29 is 13.5 Å². The van der Waals surface area contributed by atoms with Gasteiger partial charge in [0.25, 0.3) is 0 Å². The maximum absolute atomic E-state index is 10.9. The van der Waals surface area contributed by atoms with Crippen molar-refractivity contribution in [2.24, 2.45) is 11.3 Å². The molecular formula is C9H20O3S. The Kier molecular flexibility index (Phi) is 4.39. The van der Waals surface area contributed by atoms with Crippen molar-refractivity contribution in [2.45, 2.75) is 27.2 Å². The fourth-order valence-electron chi connectivity index (χ4n) is 0.969. The van der Waals surface area contributed by atoms with Gasteiger partial charge in [-0.2, -0.15) is 0 Å². The second kappa shape index (κ2) is 4.42.